The average molecular weight is 661 g/mol. The fraction of sp³-hybridized carbons (Fsp3) is 0. The highest BCUT2D eigenvalue weighted by atomic mass is 15.1. The number of aromatic nitrogens is 1. The van der Waals surface area contributed by atoms with Gasteiger partial charge in [0, 0.05) is 38.9 Å². The maximum atomic E-state index is 3.25. The summed E-state index contributed by atoms with van der Waals surface area (Å²) in [5, 5.41) is 7.24. The quantitative estimate of drug-likeness (QED) is 0.172. The van der Waals surface area contributed by atoms with Crippen LogP contribution >= 0.6 is 0 Å². The van der Waals surface area contributed by atoms with Gasteiger partial charge in [-0.15, -0.1) is 0 Å². The van der Waals surface area contributed by atoms with E-state index in [1.54, 1.807) is 0 Å². The lowest BCUT2D eigenvalue weighted by molar-refractivity contribution is 1.19. The molecule has 2 nitrogen and oxygen atoms in total. The van der Waals surface area contributed by atoms with Crippen molar-refractivity contribution < 1.29 is 0 Å². The Balaban J connectivity index is 1.01. The van der Waals surface area contributed by atoms with E-state index in [0.717, 1.165) is 22.4 Å². The van der Waals surface area contributed by atoms with Gasteiger partial charge in [0.05, 0.1) is 11.0 Å². The third-order valence-corrected chi connectivity index (χ3v) is 10.2. The zero-order valence-electron chi connectivity index (χ0n) is 28.4. The van der Waals surface area contributed by atoms with Gasteiger partial charge in [0.25, 0.3) is 0 Å². The zero-order chi connectivity index (χ0) is 34.4. The fourth-order valence-corrected chi connectivity index (χ4v) is 7.62. The molecule has 9 aromatic carbocycles. The summed E-state index contributed by atoms with van der Waals surface area (Å²) < 4.78 is 2.39. The van der Waals surface area contributed by atoms with Crippen LogP contribution in [0, 0.1) is 12.1 Å². The molecule has 0 aliphatic rings. The standard InChI is InChI=1S/C50H32N2/c1-2-14-43(15-3-1)51(44-26-20-37(21-27-44)41-19-18-35-10-4-6-12-39(35)32-41)45-28-22-38(23-29-45)42-25-31-50-48(34-42)47-16-8-9-17-49(47)52(50)46-30-24-36-11-5-7-13-40(36)33-46/h1-5,7-11,13-34H. The van der Waals surface area contributed by atoms with Crippen LogP contribution in [0.15, 0.2) is 194 Å². The number of fused-ring (bicyclic) bond motifs is 5. The minimum absolute atomic E-state index is 1.07. The van der Waals surface area contributed by atoms with Crippen molar-refractivity contribution in [3.05, 3.63) is 206 Å². The van der Waals surface area contributed by atoms with Crippen LogP contribution in [-0.2, 0) is 0 Å². The third kappa shape index (κ3) is 5.16. The van der Waals surface area contributed by atoms with Crippen molar-refractivity contribution in [3.63, 3.8) is 0 Å². The van der Waals surface area contributed by atoms with Crippen LogP contribution in [0.4, 0.5) is 17.1 Å². The molecule has 1 heterocycles. The van der Waals surface area contributed by atoms with Crippen molar-refractivity contribution in [2.24, 2.45) is 0 Å². The molecule has 2 heteroatoms. The van der Waals surface area contributed by atoms with Gasteiger partial charge < -0.3 is 9.47 Å². The van der Waals surface area contributed by atoms with Crippen LogP contribution in [0.2, 0.25) is 0 Å². The summed E-state index contributed by atoms with van der Waals surface area (Å²) in [4.78, 5) is 2.32. The Kier molecular flexibility index (Phi) is 7.08. The molecular weight excluding hydrogens is 629 g/mol. The molecule has 1 aromatic heterocycles. The maximum Gasteiger partial charge on any atom is 0.0541 e. The lowest BCUT2D eigenvalue weighted by Crippen LogP contribution is -2.09. The fourth-order valence-electron chi connectivity index (χ4n) is 7.62. The molecule has 10 aromatic rings. The molecule has 0 saturated carbocycles. The van der Waals surface area contributed by atoms with Crippen LogP contribution in [0.3, 0.4) is 0 Å². The van der Waals surface area contributed by atoms with Crippen LogP contribution in [0.1, 0.15) is 0 Å². The van der Waals surface area contributed by atoms with Crippen molar-refractivity contribution in [2.75, 3.05) is 4.90 Å². The molecule has 242 valence electrons. The number of benzene rings is 8. The summed E-state index contributed by atoms with van der Waals surface area (Å²) >= 11 is 0. The first-order valence-electron chi connectivity index (χ1n) is 17.7. The molecule has 0 radical (unpaired) electrons. The highest BCUT2D eigenvalue weighted by Crippen LogP contribution is 2.39. The van der Waals surface area contributed by atoms with Gasteiger partial charge in [-0.2, -0.15) is 0 Å². The summed E-state index contributed by atoms with van der Waals surface area (Å²) in [7, 11) is 0. The summed E-state index contributed by atoms with van der Waals surface area (Å²) in [6.45, 7) is 0. The summed E-state index contributed by atoms with van der Waals surface area (Å²) in [5.41, 5.74) is 11.6. The molecular formula is C50H32N2. The van der Waals surface area contributed by atoms with Gasteiger partial charge in [-0.05, 0) is 123 Å². The monoisotopic (exact) mass is 660 g/mol. The number of hydrogen-bond donors (Lipinski definition) is 0. The van der Waals surface area contributed by atoms with E-state index in [0.29, 0.717) is 0 Å². The van der Waals surface area contributed by atoms with E-state index in [1.807, 2.05) is 6.07 Å². The number of hydrogen-bond acceptors (Lipinski definition) is 1. The molecule has 0 spiro atoms. The van der Waals surface area contributed by atoms with Crippen molar-refractivity contribution in [3.8, 4) is 27.9 Å². The van der Waals surface area contributed by atoms with Crippen LogP contribution < -0.4 is 4.90 Å². The number of para-hydroxylation sites is 2. The van der Waals surface area contributed by atoms with E-state index >= 15 is 0 Å². The Hall–Kier alpha value is -7.08. The molecule has 0 unspecified atom stereocenters. The molecule has 0 N–H and O–H groups in total. The highest BCUT2D eigenvalue weighted by molar-refractivity contribution is 6.10. The Labute approximate surface area is 303 Å². The van der Waals surface area contributed by atoms with E-state index in [2.05, 4.69) is 210 Å². The van der Waals surface area contributed by atoms with Crippen LogP contribution in [0.5, 0.6) is 0 Å². The first kappa shape index (κ1) is 29.8. The zero-order valence-corrected chi connectivity index (χ0v) is 28.4. The van der Waals surface area contributed by atoms with E-state index in [1.165, 1.54) is 65.9 Å². The van der Waals surface area contributed by atoms with Crippen molar-refractivity contribution in [1.29, 1.82) is 0 Å². The molecule has 0 aliphatic carbocycles. The average Bonchev–Trinajstić information content (AvgIpc) is 3.55. The van der Waals surface area contributed by atoms with Gasteiger partial charge in [-0.3, -0.25) is 0 Å². The summed E-state index contributed by atoms with van der Waals surface area (Å²) in [6.07, 6.45) is 0. The number of nitrogens with zero attached hydrogens (tertiary/aromatic N) is 2. The van der Waals surface area contributed by atoms with Crippen LogP contribution in [0.25, 0.3) is 71.3 Å². The molecule has 0 atom stereocenters. The van der Waals surface area contributed by atoms with Gasteiger partial charge in [0.2, 0.25) is 0 Å². The minimum atomic E-state index is 1.07. The normalized spacial score (nSPS) is 11.3. The lowest BCUT2D eigenvalue weighted by Gasteiger charge is -2.26. The topological polar surface area (TPSA) is 8.17 Å². The van der Waals surface area contributed by atoms with Crippen molar-refractivity contribution in [2.45, 2.75) is 0 Å². The molecule has 0 fully saturated rings. The second-order valence-electron chi connectivity index (χ2n) is 13.3. The number of anilines is 3. The van der Waals surface area contributed by atoms with Gasteiger partial charge in [-0.1, -0.05) is 121 Å². The second kappa shape index (κ2) is 12.4. The van der Waals surface area contributed by atoms with Gasteiger partial charge in [0.15, 0.2) is 0 Å². The minimum Gasteiger partial charge on any atom is -0.311 e. The maximum absolute atomic E-state index is 3.25. The Morgan fingerprint density at radius 1 is 0.385 bits per heavy atom. The molecule has 0 bridgehead atoms. The van der Waals surface area contributed by atoms with E-state index in [4.69, 9.17) is 0 Å². The van der Waals surface area contributed by atoms with Crippen LogP contribution in [-0.4, -0.2) is 4.57 Å². The van der Waals surface area contributed by atoms with E-state index in [9.17, 15) is 0 Å². The van der Waals surface area contributed by atoms with E-state index < -0.39 is 0 Å². The molecule has 10 rings (SSSR count). The largest absolute Gasteiger partial charge is 0.311 e. The molecule has 0 amide bonds. The molecule has 0 aliphatic heterocycles. The second-order valence-corrected chi connectivity index (χ2v) is 13.3. The van der Waals surface area contributed by atoms with Gasteiger partial charge in [-0.25, -0.2) is 0 Å². The first-order valence-corrected chi connectivity index (χ1v) is 17.7. The molecule has 52 heavy (non-hydrogen) atoms. The Bertz CT molecular complexity index is 2880. The summed E-state index contributed by atoms with van der Waals surface area (Å²) in [6, 6.07) is 76.1. The predicted octanol–water partition coefficient (Wildman–Crippen LogP) is 13.5. The molecule has 0 saturated heterocycles. The first-order chi connectivity index (χ1) is 25.8. The number of rotatable bonds is 6. The van der Waals surface area contributed by atoms with Gasteiger partial charge in [0.1, 0.15) is 0 Å². The SMILES string of the molecule is c1ccc2ccc(-c3ccc(N(c4ccccc4)c4ccc(-c5ccc6c(c5)c5ccccc5n6-c5ccc6ccccc6c5)cc4)cc3)cc2c#1. The van der Waals surface area contributed by atoms with Gasteiger partial charge >= 0.3 is 0 Å². The Morgan fingerprint density at radius 2 is 0.981 bits per heavy atom. The smallest absolute Gasteiger partial charge is 0.0541 e. The third-order valence-electron chi connectivity index (χ3n) is 10.2. The summed E-state index contributed by atoms with van der Waals surface area (Å²) in [5.74, 6) is 0. The van der Waals surface area contributed by atoms with Crippen molar-refractivity contribution in [1.82, 2.24) is 4.57 Å². The predicted molar refractivity (Wildman–Crippen MR) is 219 cm³/mol. The van der Waals surface area contributed by atoms with E-state index in [-0.39, 0.29) is 0 Å². The van der Waals surface area contributed by atoms with Crippen molar-refractivity contribution >= 4 is 60.4 Å². The highest BCUT2D eigenvalue weighted by Gasteiger charge is 2.16. The Morgan fingerprint density at radius 3 is 1.77 bits per heavy atom. The lowest BCUT2D eigenvalue weighted by atomic mass is 10.0.